The lowest BCUT2D eigenvalue weighted by atomic mass is 10.1. The van der Waals surface area contributed by atoms with Crippen LogP contribution in [0.5, 0.6) is 5.75 Å². The molecule has 2 unspecified atom stereocenters. The first kappa shape index (κ1) is 18.4. The van der Waals surface area contributed by atoms with E-state index in [0.717, 1.165) is 12.1 Å². The van der Waals surface area contributed by atoms with Crippen LogP contribution in [0.4, 0.5) is 0 Å². The van der Waals surface area contributed by atoms with Crippen LogP contribution in [0.1, 0.15) is 54.1 Å². The number of phenols is 1. The van der Waals surface area contributed by atoms with Gasteiger partial charge < -0.3 is 5.11 Å². The molecule has 1 N–H and O–H groups in total. The van der Waals surface area contributed by atoms with Gasteiger partial charge in [0, 0.05) is 17.8 Å². The van der Waals surface area contributed by atoms with E-state index in [1.165, 1.54) is 54.3 Å². The molecule has 0 bridgehead atoms. The van der Waals surface area contributed by atoms with E-state index in [1.807, 2.05) is 12.1 Å². The zero-order chi connectivity index (χ0) is 17.8. The van der Waals surface area contributed by atoms with Gasteiger partial charge in [-0.25, -0.2) is 0 Å². The second-order valence-corrected chi connectivity index (χ2v) is 9.03. The van der Waals surface area contributed by atoms with E-state index < -0.39 is 0 Å². The molecule has 0 saturated carbocycles. The summed E-state index contributed by atoms with van der Waals surface area (Å²) in [4.78, 5) is 2.60. The van der Waals surface area contributed by atoms with E-state index in [0.29, 0.717) is 20.0 Å². The average molecular weight is 355 g/mol. The van der Waals surface area contributed by atoms with Crippen LogP contribution >= 0.6 is 8.58 Å². The summed E-state index contributed by atoms with van der Waals surface area (Å²) in [7, 11) is 0.680. The van der Waals surface area contributed by atoms with Gasteiger partial charge in [0.1, 0.15) is 5.75 Å². The molecule has 1 heterocycles. The normalized spacial score (nSPS) is 17.2. The molecule has 134 valence electrons. The molecule has 2 nitrogen and oxygen atoms in total. The highest BCUT2D eigenvalue weighted by Gasteiger charge is 2.17. The summed E-state index contributed by atoms with van der Waals surface area (Å²) in [5.41, 5.74) is 5.47. The zero-order valence-electron chi connectivity index (χ0n) is 15.7. The predicted octanol–water partition coefficient (Wildman–Crippen LogP) is 5.06. The lowest BCUT2D eigenvalue weighted by molar-refractivity contribution is 0.221. The SMILES string of the molecule is Cc1ccc(O)c(C(C)Pc2c(C)cccc2CN2CCCCC2)c1. The zero-order valence-corrected chi connectivity index (χ0v) is 16.7. The minimum atomic E-state index is 0.334. The maximum Gasteiger partial charge on any atom is 0.119 e. The Kier molecular flexibility index (Phi) is 6.15. The third-order valence-electron chi connectivity index (χ3n) is 5.21. The molecule has 25 heavy (non-hydrogen) atoms. The lowest BCUT2D eigenvalue weighted by Crippen LogP contribution is -2.31. The smallest absolute Gasteiger partial charge is 0.119 e. The van der Waals surface area contributed by atoms with E-state index in [1.54, 1.807) is 0 Å². The first-order valence-electron chi connectivity index (χ1n) is 9.41. The largest absolute Gasteiger partial charge is 0.508 e. The first-order chi connectivity index (χ1) is 12.0. The Balaban J connectivity index is 1.82. The van der Waals surface area contributed by atoms with E-state index in [9.17, 15) is 5.11 Å². The quantitative estimate of drug-likeness (QED) is 0.758. The van der Waals surface area contributed by atoms with Gasteiger partial charge in [0.15, 0.2) is 0 Å². The molecule has 0 aliphatic carbocycles. The van der Waals surface area contributed by atoms with Gasteiger partial charge in [-0.2, -0.15) is 0 Å². The van der Waals surface area contributed by atoms with Gasteiger partial charge in [-0.3, -0.25) is 4.90 Å². The van der Waals surface area contributed by atoms with E-state index >= 15 is 0 Å². The number of likely N-dealkylation sites (tertiary alicyclic amines) is 1. The van der Waals surface area contributed by atoms with Crippen LogP contribution in [-0.2, 0) is 6.54 Å². The number of aromatic hydroxyl groups is 1. The number of piperidine rings is 1. The van der Waals surface area contributed by atoms with Gasteiger partial charge in [0.2, 0.25) is 0 Å². The Morgan fingerprint density at radius 1 is 1.08 bits per heavy atom. The standard InChI is InChI=1S/C22H30NOP/c1-16-10-11-21(24)20(14-16)18(3)25-22-17(2)8-7-9-19(22)15-23-12-5-4-6-13-23/h7-11,14,18,24-25H,4-6,12-13,15H2,1-3H3. The molecular weight excluding hydrogens is 325 g/mol. The average Bonchev–Trinajstić information content (AvgIpc) is 2.61. The van der Waals surface area contributed by atoms with Crippen molar-refractivity contribution < 1.29 is 5.11 Å². The molecule has 2 aromatic rings. The minimum absolute atomic E-state index is 0.334. The number of phenolic OH excluding ortho intramolecular Hbond substituents is 1. The summed E-state index contributed by atoms with van der Waals surface area (Å²) in [5, 5.41) is 11.8. The summed E-state index contributed by atoms with van der Waals surface area (Å²) < 4.78 is 0. The second-order valence-electron chi connectivity index (χ2n) is 7.37. The highest BCUT2D eigenvalue weighted by atomic mass is 31.1. The highest BCUT2D eigenvalue weighted by Crippen LogP contribution is 2.39. The Bertz CT molecular complexity index is 722. The third kappa shape index (κ3) is 4.63. The fourth-order valence-electron chi connectivity index (χ4n) is 3.74. The van der Waals surface area contributed by atoms with E-state index in [4.69, 9.17) is 0 Å². The lowest BCUT2D eigenvalue weighted by Gasteiger charge is -2.28. The molecule has 0 amide bonds. The van der Waals surface area contributed by atoms with Crippen LogP contribution in [-0.4, -0.2) is 23.1 Å². The topological polar surface area (TPSA) is 23.5 Å². The van der Waals surface area contributed by atoms with Crippen molar-refractivity contribution in [2.24, 2.45) is 0 Å². The van der Waals surface area contributed by atoms with Crippen LogP contribution < -0.4 is 5.30 Å². The van der Waals surface area contributed by atoms with Crippen molar-refractivity contribution in [1.82, 2.24) is 4.90 Å². The second kappa shape index (κ2) is 8.34. The molecule has 3 rings (SSSR count). The number of nitrogens with zero attached hydrogens (tertiary/aromatic N) is 1. The maximum atomic E-state index is 10.3. The Morgan fingerprint density at radius 2 is 1.84 bits per heavy atom. The van der Waals surface area contributed by atoms with Crippen LogP contribution in [0, 0.1) is 13.8 Å². The van der Waals surface area contributed by atoms with Crippen molar-refractivity contribution in [2.75, 3.05) is 13.1 Å². The Morgan fingerprint density at radius 3 is 2.60 bits per heavy atom. The van der Waals surface area contributed by atoms with Gasteiger partial charge in [-0.05, 0) is 62.3 Å². The highest BCUT2D eigenvalue weighted by molar-refractivity contribution is 7.47. The Labute approximate surface area is 154 Å². The Hall–Kier alpha value is -1.37. The van der Waals surface area contributed by atoms with E-state index in [-0.39, 0.29) is 0 Å². The molecule has 1 aliphatic rings. The van der Waals surface area contributed by atoms with Gasteiger partial charge >= 0.3 is 0 Å². The molecule has 3 heteroatoms. The van der Waals surface area contributed by atoms with Crippen LogP contribution in [0.2, 0.25) is 0 Å². The molecule has 0 spiro atoms. The molecule has 1 fully saturated rings. The van der Waals surface area contributed by atoms with Crippen LogP contribution in [0.25, 0.3) is 0 Å². The summed E-state index contributed by atoms with van der Waals surface area (Å²) in [6, 6.07) is 12.7. The number of hydrogen-bond acceptors (Lipinski definition) is 2. The molecule has 0 radical (unpaired) electrons. The molecule has 1 aliphatic heterocycles. The fraction of sp³-hybridized carbons (Fsp3) is 0.455. The molecule has 1 saturated heterocycles. The third-order valence-corrected chi connectivity index (χ3v) is 6.96. The first-order valence-corrected chi connectivity index (χ1v) is 10.5. The van der Waals surface area contributed by atoms with Gasteiger partial charge in [0.05, 0.1) is 0 Å². The van der Waals surface area contributed by atoms with Crippen molar-refractivity contribution in [3.05, 3.63) is 58.7 Å². The fourth-order valence-corrected chi connectivity index (χ4v) is 5.22. The van der Waals surface area contributed by atoms with Crippen LogP contribution in [0.3, 0.4) is 0 Å². The summed E-state index contributed by atoms with van der Waals surface area (Å²) in [5.74, 6) is 0.428. The number of rotatable bonds is 5. The molecule has 2 atom stereocenters. The monoisotopic (exact) mass is 355 g/mol. The summed E-state index contributed by atoms with van der Waals surface area (Å²) in [6.45, 7) is 10.1. The van der Waals surface area contributed by atoms with Crippen molar-refractivity contribution in [2.45, 2.75) is 52.2 Å². The van der Waals surface area contributed by atoms with Gasteiger partial charge in [-0.15, -0.1) is 0 Å². The number of benzene rings is 2. The summed E-state index contributed by atoms with van der Waals surface area (Å²) >= 11 is 0. The molecule has 2 aromatic carbocycles. The number of hydrogen-bond donors (Lipinski definition) is 1. The van der Waals surface area contributed by atoms with Crippen LogP contribution in [0.15, 0.2) is 36.4 Å². The number of aryl methyl sites for hydroxylation is 2. The van der Waals surface area contributed by atoms with Gasteiger partial charge in [-0.1, -0.05) is 57.8 Å². The minimum Gasteiger partial charge on any atom is -0.508 e. The van der Waals surface area contributed by atoms with Crippen molar-refractivity contribution in [1.29, 1.82) is 0 Å². The van der Waals surface area contributed by atoms with Crippen molar-refractivity contribution in [3.8, 4) is 5.75 Å². The van der Waals surface area contributed by atoms with Gasteiger partial charge in [0.25, 0.3) is 0 Å². The molecular formula is C22H30NOP. The van der Waals surface area contributed by atoms with Crippen molar-refractivity contribution >= 4 is 13.9 Å². The van der Waals surface area contributed by atoms with E-state index in [2.05, 4.69) is 49.9 Å². The maximum absolute atomic E-state index is 10.3. The predicted molar refractivity (Wildman–Crippen MR) is 110 cm³/mol. The molecule has 0 aromatic heterocycles. The van der Waals surface area contributed by atoms with Crippen molar-refractivity contribution in [3.63, 3.8) is 0 Å². The summed E-state index contributed by atoms with van der Waals surface area (Å²) in [6.07, 6.45) is 4.04.